The molecule has 0 radical (unpaired) electrons. The average Bonchev–Trinajstić information content (AvgIpc) is 2.37. The summed E-state index contributed by atoms with van der Waals surface area (Å²) in [4.78, 5) is 13.6. The Morgan fingerprint density at radius 1 is 1.45 bits per heavy atom. The minimum absolute atomic E-state index is 0.288. The Morgan fingerprint density at radius 2 is 2.05 bits per heavy atom. The summed E-state index contributed by atoms with van der Waals surface area (Å²) in [6, 6.07) is 3.19. The van der Waals surface area contributed by atoms with E-state index >= 15 is 0 Å². The van der Waals surface area contributed by atoms with Gasteiger partial charge in [0, 0.05) is 18.8 Å². The first-order valence-electron chi connectivity index (χ1n) is 6.72. The number of halogens is 1. The molecule has 0 aliphatic carbocycles. The third-order valence-electron chi connectivity index (χ3n) is 3.89. The van der Waals surface area contributed by atoms with Crippen molar-refractivity contribution < 1.29 is 9.90 Å². The van der Waals surface area contributed by atoms with Crippen molar-refractivity contribution in [2.45, 2.75) is 25.9 Å². The summed E-state index contributed by atoms with van der Waals surface area (Å²) in [6.07, 6.45) is 1.40. The molecule has 1 amide bonds. The van der Waals surface area contributed by atoms with Gasteiger partial charge in [-0.1, -0.05) is 11.6 Å². The van der Waals surface area contributed by atoms with Crippen molar-refractivity contribution >= 4 is 28.9 Å². The van der Waals surface area contributed by atoms with Crippen LogP contribution in [0.5, 0.6) is 0 Å². The zero-order valence-corrected chi connectivity index (χ0v) is 12.2. The Bertz CT molecular complexity index is 511. The number of amides is 1. The number of hydrogen-bond acceptors (Lipinski definition) is 4. The number of carbonyl (C=O) groups excluding carboxylic acids is 1. The number of nitrogen functional groups attached to an aromatic ring is 1. The number of anilines is 2. The molecule has 1 aromatic rings. The molecule has 1 unspecified atom stereocenters. The van der Waals surface area contributed by atoms with Gasteiger partial charge in [-0.05, 0) is 37.8 Å². The molecule has 1 fully saturated rings. The smallest absolute Gasteiger partial charge is 0.250 e. The second-order valence-electron chi connectivity index (χ2n) is 5.33. The molecular formula is C14H20ClN3O2. The van der Waals surface area contributed by atoms with Crippen LogP contribution in [0, 0.1) is 5.92 Å². The van der Waals surface area contributed by atoms with E-state index in [0.29, 0.717) is 22.0 Å². The first-order chi connectivity index (χ1) is 9.40. The van der Waals surface area contributed by atoms with Crippen molar-refractivity contribution in [1.82, 2.24) is 0 Å². The molecule has 1 atom stereocenters. The quantitative estimate of drug-likeness (QED) is 0.739. The summed E-state index contributed by atoms with van der Waals surface area (Å²) >= 11 is 6.23. The monoisotopic (exact) mass is 297 g/mol. The lowest BCUT2D eigenvalue weighted by Crippen LogP contribution is -2.38. The summed E-state index contributed by atoms with van der Waals surface area (Å²) in [5.41, 5.74) is 12.6. The zero-order chi connectivity index (χ0) is 14.9. The van der Waals surface area contributed by atoms with Gasteiger partial charge in [0.1, 0.15) is 0 Å². The molecule has 1 saturated heterocycles. The van der Waals surface area contributed by atoms with E-state index in [4.69, 9.17) is 23.1 Å². The van der Waals surface area contributed by atoms with Gasteiger partial charge in [-0.15, -0.1) is 0 Å². The molecule has 1 aliphatic heterocycles. The maximum Gasteiger partial charge on any atom is 0.250 e. The van der Waals surface area contributed by atoms with Gasteiger partial charge >= 0.3 is 0 Å². The predicted molar refractivity (Wildman–Crippen MR) is 81.0 cm³/mol. The molecule has 0 saturated carbocycles. The second kappa shape index (κ2) is 5.89. The highest BCUT2D eigenvalue weighted by Crippen LogP contribution is 2.35. The van der Waals surface area contributed by atoms with E-state index in [1.807, 2.05) is 11.8 Å². The standard InChI is InChI=1S/C14H20ClN3O2/c1-8(19)9-2-4-18(5-3-9)13-11(14(17)20)6-10(16)7-12(13)15/h6-9,19H,2-5,16H2,1H3,(H2,17,20). The van der Waals surface area contributed by atoms with Crippen molar-refractivity contribution in [1.29, 1.82) is 0 Å². The molecule has 0 bridgehead atoms. The minimum atomic E-state index is -0.535. The molecular weight excluding hydrogens is 278 g/mol. The lowest BCUT2D eigenvalue weighted by molar-refractivity contribution is 0.0998. The van der Waals surface area contributed by atoms with Gasteiger partial charge in [0.25, 0.3) is 5.91 Å². The minimum Gasteiger partial charge on any atom is -0.399 e. The van der Waals surface area contributed by atoms with Crippen molar-refractivity contribution in [3.63, 3.8) is 0 Å². The number of piperidine rings is 1. The fourth-order valence-electron chi connectivity index (χ4n) is 2.73. The van der Waals surface area contributed by atoms with Crippen LogP contribution in [-0.4, -0.2) is 30.2 Å². The molecule has 0 spiro atoms. The fourth-order valence-corrected chi connectivity index (χ4v) is 3.08. The van der Waals surface area contributed by atoms with E-state index in [1.165, 1.54) is 0 Å². The second-order valence-corrected chi connectivity index (χ2v) is 5.74. The lowest BCUT2D eigenvalue weighted by Gasteiger charge is -2.36. The average molecular weight is 298 g/mol. The zero-order valence-electron chi connectivity index (χ0n) is 11.5. The highest BCUT2D eigenvalue weighted by Gasteiger charge is 2.26. The number of aliphatic hydroxyl groups is 1. The van der Waals surface area contributed by atoms with Crippen LogP contribution in [0.3, 0.4) is 0 Å². The summed E-state index contributed by atoms with van der Waals surface area (Å²) in [7, 11) is 0. The van der Waals surface area contributed by atoms with Gasteiger partial charge < -0.3 is 21.5 Å². The van der Waals surface area contributed by atoms with E-state index in [1.54, 1.807) is 12.1 Å². The van der Waals surface area contributed by atoms with E-state index < -0.39 is 5.91 Å². The van der Waals surface area contributed by atoms with Crippen LogP contribution in [0.1, 0.15) is 30.1 Å². The largest absolute Gasteiger partial charge is 0.399 e. The Morgan fingerprint density at radius 3 is 2.55 bits per heavy atom. The molecule has 20 heavy (non-hydrogen) atoms. The van der Waals surface area contributed by atoms with Crippen LogP contribution in [-0.2, 0) is 0 Å². The summed E-state index contributed by atoms with van der Waals surface area (Å²) in [6.45, 7) is 3.28. The summed E-state index contributed by atoms with van der Waals surface area (Å²) < 4.78 is 0. The molecule has 1 aromatic carbocycles. The number of nitrogens with zero attached hydrogens (tertiary/aromatic N) is 1. The predicted octanol–water partition coefficient (Wildman–Crippen LogP) is 1.62. The van der Waals surface area contributed by atoms with Crippen LogP contribution >= 0.6 is 11.6 Å². The number of nitrogens with two attached hydrogens (primary N) is 2. The molecule has 110 valence electrons. The summed E-state index contributed by atoms with van der Waals surface area (Å²) in [5.74, 6) is -0.248. The molecule has 5 N–H and O–H groups in total. The van der Waals surface area contributed by atoms with E-state index in [0.717, 1.165) is 25.9 Å². The Hall–Kier alpha value is -1.46. The lowest BCUT2D eigenvalue weighted by atomic mass is 9.91. The number of hydrogen-bond donors (Lipinski definition) is 3. The van der Waals surface area contributed by atoms with Crippen molar-refractivity contribution in [3.05, 3.63) is 22.7 Å². The number of benzene rings is 1. The van der Waals surface area contributed by atoms with Crippen molar-refractivity contribution in [2.24, 2.45) is 11.7 Å². The van der Waals surface area contributed by atoms with Crippen LogP contribution < -0.4 is 16.4 Å². The van der Waals surface area contributed by atoms with E-state index in [-0.39, 0.29) is 12.0 Å². The molecule has 1 heterocycles. The summed E-state index contributed by atoms with van der Waals surface area (Å²) in [5, 5.41) is 10.1. The highest BCUT2D eigenvalue weighted by atomic mass is 35.5. The Balaban J connectivity index is 2.28. The topological polar surface area (TPSA) is 92.6 Å². The van der Waals surface area contributed by atoms with E-state index in [2.05, 4.69) is 0 Å². The first-order valence-corrected chi connectivity index (χ1v) is 7.09. The van der Waals surface area contributed by atoms with Crippen LogP contribution in [0.25, 0.3) is 0 Å². The molecule has 5 nitrogen and oxygen atoms in total. The third-order valence-corrected chi connectivity index (χ3v) is 4.18. The Kier molecular flexibility index (Phi) is 4.40. The maximum atomic E-state index is 11.6. The normalized spacial score (nSPS) is 18.1. The molecule has 0 aromatic heterocycles. The maximum absolute atomic E-state index is 11.6. The van der Waals surface area contributed by atoms with E-state index in [9.17, 15) is 9.90 Å². The first kappa shape index (κ1) is 14.9. The number of primary amides is 1. The van der Waals surface area contributed by atoms with Gasteiger partial charge in [-0.3, -0.25) is 4.79 Å². The molecule has 2 rings (SSSR count). The van der Waals surface area contributed by atoms with Crippen molar-refractivity contribution in [2.75, 3.05) is 23.7 Å². The van der Waals surface area contributed by atoms with Crippen molar-refractivity contribution in [3.8, 4) is 0 Å². The van der Waals surface area contributed by atoms with Gasteiger partial charge in [0.05, 0.1) is 22.4 Å². The molecule has 6 heteroatoms. The number of aliphatic hydroxyl groups excluding tert-OH is 1. The van der Waals surface area contributed by atoms with Gasteiger partial charge in [0.2, 0.25) is 0 Å². The number of carbonyl (C=O) groups is 1. The van der Waals surface area contributed by atoms with Gasteiger partial charge in [-0.2, -0.15) is 0 Å². The van der Waals surface area contributed by atoms with Crippen LogP contribution in [0.2, 0.25) is 5.02 Å². The molecule has 1 aliphatic rings. The highest BCUT2D eigenvalue weighted by molar-refractivity contribution is 6.34. The van der Waals surface area contributed by atoms with Crippen LogP contribution in [0.15, 0.2) is 12.1 Å². The Labute approximate surface area is 123 Å². The SMILES string of the molecule is CC(O)C1CCN(c2c(Cl)cc(N)cc2C(N)=O)CC1. The number of rotatable bonds is 3. The van der Waals surface area contributed by atoms with Gasteiger partial charge in [0.15, 0.2) is 0 Å². The fraction of sp³-hybridized carbons (Fsp3) is 0.500. The van der Waals surface area contributed by atoms with Crippen LogP contribution in [0.4, 0.5) is 11.4 Å². The van der Waals surface area contributed by atoms with Gasteiger partial charge in [-0.25, -0.2) is 0 Å². The third kappa shape index (κ3) is 2.99.